The molecule has 0 radical (unpaired) electrons. The van der Waals surface area contributed by atoms with Gasteiger partial charge in [-0.3, -0.25) is 9.78 Å². The third-order valence-corrected chi connectivity index (χ3v) is 4.48. The lowest BCUT2D eigenvalue weighted by Crippen LogP contribution is -2.16. The molecule has 2 rings (SSSR count). The van der Waals surface area contributed by atoms with Gasteiger partial charge in [-0.1, -0.05) is 6.07 Å². The van der Waals surface area contributed by atoms with E-state index in [-0.39, 0.29) is 22.8 Å². The average Bonchev–Trinajstić information content (AvgIpc) is 2.70. The molecule has 0 fully saturated rings. The largest absolute Gasteiger partial charge is 0.465 e. The van der Waals surface area contributed by atoms with E-state index in [0.717, 1.165) is 17.9 Å². The Bertz CT molecular complexity index is 777. The van der Waals surface area contributed by atoms with E-state index in [1.54, 1.807) is 6.20 Å². The zero-order chi connectivity index (χ0) is 19.6. The normalized spacial score (nSPS) is 10.1. The predicted octanol–water partition coefficient (Wildman–Crippen LogP) is 2.57. The van der Waals surface area contributed by atoms with Crippen LogP contribution >= 0.6 is 11.8 Å². The number of thioether (sulfide) groups is 1. The number of hydrogen-bond acceptors (Lipinski definition) is 7. The quantitative estimate of drug-likeness (QED) is 0.548. The Kier molecular flexibility index (Phi) is 7.81. The molecule has 0 aliphatic heterocycles. The summed E-state index contributed by atoms with van der Waals surface area (Å²) < 4.78 is 9.34. The summed E-state index contributed by atoms with van der Waals surface area (Å²) in [6.07, 6.45) is 2.50. The van der Waals surface area contributed by atoms with Crippen molar-refractivity contribution >= 4 is 35.3 Å². The van der Waals surface area contributed by atoms with E-state index in [1.807, 2.05) is 18.2 Å². The van der Waals surface area contributed by atoms with Crippen molar-refractivity contribution in [3.05, 3.63) is 59.4 Å². The van der Waals surface area contributed by atoms with Crippen LogP contribution in [0.2, 0.25) is 0 Å². The molecule has 2 aromatic rings. The predicted molar refractivity (Wildman–Crippen MR) is 103 cm³/mol. The molecule has 142 valence electrons. The molecule has 27 heavy (non-hydrogen) atoms. The van der Waals surface area contributed by atoms with Gasteiger partial charge in [0.1, 0.15) is 0 Å². The van der Waals surface area contributed by atoms with Gasteiger partial charge in [-0.05, 0) is 42.5 Å². The standard InChI is InChI=1S/C19H20N2O5S/c1-25-18(23)13-9-14(19(24)26-2)11-16(10-13)21-17(22)12-27-8-6-15-5-3-4-7-20-15/h3-5,7,9-11H,6,8,12H2,1-2H3,(H,21,22). The van der Waals surface area contributed by atoms with Crippen LogP contribution in [0, 0.1) is 0 Å². The van der Waals surface area contributed by atoms with Crippen LogP contribution in [0.1, 0.15) is 26.4 Å². The molecule has 0 bridgehead atoms. The molecule has 0 saturated heterocycles. The first-order valence-corrected chi connectivity index (χ1v) is 9.28. The second-order valence-corrected chi connectivity index (χ2v) is 6.56. The Hall–Kier alpha value is -2.87. The van der Waals surface area contributed by atoms with E-state index in [0.29, 0.717) is 5.69 Å². The first-order chi connectivity index (χ1) is 13.0. The molecule has 8 heteroatoms. The highest BCUT2D eigenvalue weighted by atomic mass is 32.2. The Morgan fingerprint density at radius 1 is 1.04 bits per heavy atom. The van der Waals surface area contributed by atoms with Gasteiger partial charge >= 0.3 is 11.9 Å². The van der Waals surface area contributed by atoms with Gasteiger partial charge in [0.05, 0.1) is 31.1 Å². The summed E-state index contributed by atoms with van der Waals surface area (Å²) in [6, 6.07) is 9.98. The van der Waals surface area contributed by atoms with Gasteiger partial charge in [0.2, 0.25) is 5.91 Å². The Morgan fingerprint density at radius 2 is 1.70 bits per heavy atom. The van der Waals surface area contributed by atoms with Gasteiger partial charge in [-0.25, -0.2) is 9.59 Å². The highest BCUT2D eigenvalue weighted by Gasteiger charge is 2.15. The van der Waals surface area contributed by atoms with Crippen LogP contribution < -0.4 is 5.32 Å². The number of rotatable bonds is 8. The second kappa shape index (κ2) is 10.3. The van der Waals surface area contributed by atoms with Gasteiger partial charge in [0.15, 0.2) is 0 Å². The van der Waals surface area contributed by atoms with Crippen LogP contribution in [0.5, 0.6) is 0 Å². The fraction of sp³-hybridized carbons (Fsp3) is 0.263. The maximum Gasteiger partial charge on any atom is 0.337 e. The van der Waals surface area contributed by atoms with Gasteiger partial charge in [-0.2, -0.15) is 11.8 Å². The Labute approximate surface area is 161 Å². The lowest BCUT2D eigenvalue weighted by atomic mass is 10.1. The summed E-state index contributed by atoms with van der Waals surface area (Å²) in [5, 5.41) is 2.69. The number of methoxy groups -OCH3 is 2. The maximum atomic E-state index is 12.1. The number of carbonyl (C=O) groups is 3. The molecule has 1 N–H and O–H groups in total. The number of nitrogens with one attached hydrogen (secondary N) is 1. The molecule has 0 saturated carbocycles. The van der Waals surface area contributed by atoms with Crippen molar-refractivity contribution in [2.75, 3.05) is 31.0 Å². The van der Waals surface area contributed by atoms with Crippen molar-refractivity contribution < 1.29 is 23.9 Å². The third-order valence-electron chi connectivity index (χ3n) is 3.52. The lowest BCUT2D eigenvalue weighted by Gasteiger charge is -2.09. The monoisotopic (exact) mass is 388 g/mol. The number of amides is 1. The Morgan fingerprint density at radius 3 is 2.26 bits per heavy atom. The van der Waals surface area contributed by atoms with Crippen LogP contribution in [0.15, 0.2) is 42.6 Å². The van der Waals surface area contributed by atoms with E-state index in [2.05, 4.69) is 19.8 Å². The van der Waals surface area contributed by atoms with Crippen LogP contribution in [-0.4, -0.2) is 48.6 Å². The average molecular weight is 388 g/mol. The van der Waals surface area contributed by atoms with E-state index >= 15 is 0 Å². The molecule has 1 aromatic carbocycles. The van der Waals surface area contributed by atoms with Gasteiger partial charge < -0.3 is 14.8 Å². The minimum absolute atomic E-state index is 0.151. The summed E-state index contributed by atoms with van der Waals surface area (Å²) >= 11 is 1.47. The topological polar surface area (TPSA) is 94.6 Å². The minimum Gasteiger partial charge on any atom is -0.465 e. The summed E-state index contributed by atoms with van der Waals surface area (Å²) in [5.74, 6) is -0.469. The fourth-order valence-electron chi connectivity index (χ4n) is 2.26. The smallest absolute Gasteiger partial charge is 0.337 e. The number of aromatic nitrogens is 1. The van der Waals surface area contributed by atoms with Crippen LogP contribution in [0.25, 0.3) is 0 Å². The molecule has 1 aromatic heterocycles. The molecule has 0 aliphatic rings. The van der Waals surface area contributed by atoms with Crippen molar-refractivity contribution in [3.8, 4) is 0 Å². The minimum atomic E-state index is -0.610. The second-order valence-electron chi connectivity index (χ2n) is 5.45. The number of benzene rings is 1. The number of aryl methyl sites for hydroxylation is 1. The SMILES string of the molecule is COC(=O)c1cc(NC(=O)CSCCc2ccccn2)cc(C(=O)OC)c1. The van der Waals surface area contributed by atoms with E-state index in [1.165, 1.54) is 44.2 Å². The number of pyridine rings is 1. The number of nitrogens with zero attached hydrogens (tertiary/aromatic N) is 1. The van der Waals surface area contributed by atoms with E-state index < -0.39 is 11.9 Å². The highest BCUT2D eigenvalue weighted by Crippen LogP contribution is 2.17. The molecule has 1 heterocycles. The van der Waals surface area contributed by atoms with Crippen LogP contribution in [-0.2, 0) is 20.7 Å². The van der Waals surface area contributed by atoms with Crippen molar-refractivity contribution in [2.45, 2.75) is 6.42 Å². The molecule has 0 aliphatic carbocycles. The Balaban J connectivity index is 1.95. The third kappa shape index (κ3) is 6.41. The molecular weight excluding hydrogens is 368 g/mol. The van der Waals surface area contributed by atoms with Crippen molar-refractivity contribution in [2.24, 2.45) is 0 Å². The molecule has 0 unspecified atom stereocenters. The van der Waals surface area contributed by atoms with Gasteiger partial charge in [0.25, 0.3) is 0 Å². The molecule has 0 atom stereocenters. The molecular formula is C19H20N2O5S. The summed E-state index contributed by atoms with van der Waals surface area (Å²) in [5.41, 5.74) is 1.60. The van der Waals surface area contributed by atoms with E-state index in [4.69, 9.17) is 0 Å². The first kappa shape index (κ1) is 20.4. The number of hydrogen-bond donors (Lipinski definition) is 1. The van der Waals surface area contributed by atoms with Crippen LogP contribution in [0.3, 0.4) is 0 Å². The van der Waals surface area contributed by atoms with E-state index in [9.17, 15) is 14.4 Å². The summed E-state index contributed by atoms with van der Waals surface area (Å²) in [4.78, 5) is 39.9. The summed E-state index contributed by atoms with van der Waals surface area (Å²) in [7, 11) is 2.48. The number of esters is 2. The molecule has 1 amide bonds. The number of anilines is 1. The first-order valence-electron chi connectivity index (χ1n) is 8.12. The highest BCUT2D eigenvalue weighted by molar-refractivity contribution is 7.99. The van der Waals surface area contributed by atoms with Gasteiger partial charge in [0, 0.05) is 17.6 Å². The lowest BCUT2D eigenvalue weighted by molar-refractivity contribution is -0.113. The zero-order valence-electron chi connectivity index (χ0n) is 15.1. The van der Waals surface area contributed by atoms with Crippen molar-refractivity contribution in [1.82, 2.24) is 4.98 Å². The van der Waals surface area contributed by atoms with Crippen LogP contribution in [0.4, 0.5) is 5.69 Å². The fourth-order valence-corrected chi connectivity index (χ4v) is 3.01. The number of carbonyl (C=O) groups excluding carboxylic acids is 3. The van der Waals surface area contributed by atoms with Gasteiger partial charge in [-0.15, -0.1) is 0 Å². The maximum absolute atomic E-state index is 12.1. The van der Waals surface area contributed by atoms with Crippen molar-refractivity contribution in [3.63, 3.8) is 0 Å². The number of ether oxygens (including phenoxy) is 2. The summed E-state index contributed by atoms with van der Waals surface area (Å²) in [6.45, 7) is 0. The molecule has 0 spiro atoms. The molecule has 7 nitrogen and oxygen atoms in total. The zero-order valence-corrected chi connectivity index (χ0v) is 15.9. The van der Waals surface area contributed by atoms with Crippen molar-refractivity contribution in [1.29, 1.82) is 0 Å².